The summed E-state index contributed by atoms with van der Waals surface area (Å²) in [5.74, 6) is -0.226. The number of nitrogens with zero attached hydrogens (tertiary/aromatic N) is 3. The molecule has 0 bridgehead atoms. The molecule has 3 atom stereocenters. The first-order chi connectivity index (χ1) is 10.0. The van der Waals surface area contributed by atoms with Gasteiger partial charge in [0.05, 0.1) is 24.0 Å². The normalized spacial score (nSPS) is 25.5. The van der Waals surface area contributed by atoms with Gasteiger partial charge in [-0.3, -0.25) is 4.79 Å². The minimum absolute atomic E-state index is 0.0378. The van der Waals surface area contributed by atoms with Crippen LogP contribution < -0.4 is 11.5 Å². The summed E-state index contributed by atoms with van der Waals surface area (Å²) in [5, 5.41) is 13.4. The Balaban J connectivity index is 2.16. The highest BCUT2D eigenvalue weighted by atomic mass is 16.5. The molecule has 0 unspecified atom stereocenters. The molecule has 1 fully saturated rings. The highest BCUT2D eigenvalue weighted by Gasteiger charge is 2.36. The lowest BCUT2D eigenvalue weighted by molar-refractivity contribution is 0.00256. The topological polar surface area (TPSA) is 129 Å². The maximum absolute atomic E-state index is 11.6. The summed E-state index contributed by atoms with van der Waals surface area (Å²) in [5.41, 5.74) is 12.6. The van der Waals surface area contributed by atoms with Crippen LogP contribution >= 0.6 is 0 Å². The molecule has 3 rings (SSSR count). The molecule has 0 aromatic carbocycles. The van der Waals surface area contributed by atoms with Gasteiger partial charge in [-0.05, 0) is 18.4 Å². The third-order valence-electron chi connectivity index (χ3n) is 3.86. The highest BCUT2D eigenvalue weighted by molar-refractivity contribution is 6.02. The Morgan fingerprint density at radius 1 is 1.62 bits per heavy atom. The highest BCUT2D eigenvalue weighted by Crippen LogP contribution is 2.39. The van der Waals surface area contributed by atoms with Crippen LogP contribution in [0.2, 0.25) is 0 Å². The summed E-state index contributed by atoms with van der Waals surface area (Å²) in [7, 11) is 0. The van der Waals surface area contributed by atoms with Crippen LogP contribution in [0.25, 0.3) is 5.52 Å². The molecule has 21 heavy (non-hydrogen) atoms. The first-order valence-electron chi connectivity index (χ1n) is 6.71. The molecule has 112 valence electrons. The van der Waals surface area contributed by atoms with Crippen molar-refractivity contribution in [2.45, 2.75) is 25.6 Å². The summed E-state index contributed by atoms with van der Waals surface area (Å²) < 4.78 is 7.37. The maximum Gasteiger partial charge on any atom is 0.251 e. The van der Waals surface area contributed by atoms with Gasteiger partial charge in [0.25, 0.3) is 5.91 Å². The molecule has 0 saturated carbocycles. The molecule has 0 aliphatic carbocycles. The number of aromatic nitrogens is 3. The average molecular weight is 291 g/mol. The van der Waals surface area contributed by atoms with Gasteiger partial charge < -0.3 is 21.3 Å². The van der Waals surface area contributed by atoms with Crippen molar-refractivity contribution in [1.82, 2.24) is 14.6 Å². The van der Waals surface area contributed by atoms with Crippen molar-refractivity contribution >= 4 is 17.2 Å². The van der Waals surface area contributed by atoms with Gasteiger partial charge in [-0.2, -0.15) is 5.10 Å². The molecular formula is C13H17N5O3. The number of hydrogen-bond acceptors (Lipinski definition) is 6. The molecule has 0 radical (unpaired) electrons. The lowest BCUT2D eigenvalue weighted by Crippen LogP contribution is -2.13. The SMILES string of the molecule is C[C@H]1C[C@@H](CO)O[C@H]1c1cc(C(N)=O)c2c(N)ncnn12. The van der Waals surface area contributed by atoms with E-state index in [1.807, 2.05) is 6.92 Å². The zero-order valence-corrected chi connectivity index (χ0v) is 11.6. The lowest BCUT2D eigenvalue weighted by atomic mass is 9.99. The van der Waals surface area contributed by atoms with E-state index < -0.39 is 5.91 Å². The number of anilines is 1. The van der Waals surface area contributed by atoms with Crippen LogP contribution in [0.5, 0.6) is 0 Å². The van der Waals surface area contributed by atoms with Gasteiger partial charge in [-0.15, -0.1) is 0 Å². The monoisotopic (exact) mass is 291 g/mol. The van der Waals surface area contributed by atoms with Crippen molar-refractivity contribution in [3.05, 3.63) is 23.7 Å². The molecule has 1 amide bonds. The van der Waals surface area contributed by atoms with Gasteiger partial charge in [-0.1, -0.05) is 6.92 Å². The number of rotatable bonds is 3. The number of primary amides is 1. The first-order valence-corrected chi connectivity index (χ1v) is 6.71. The van der Waals surface area contributed by atoms with Crippen molar-refractivity contribution < 1.29 is 14.6 Å². The Bertz CT molecular complexity index is 698. The molecule has 8 nitrogen and oxygen atoms in total. The predicted octanol–water partition coefficient (Wildman–Crippen LogP) is -0.131. The Morgan fingerprint density at radius 2 is 2.38 bits per heavy atom. The summed E-state index contributed by atoms with van der Waals surface area (Å²) in [6.07, 6.45) is 1.56. The van der Waals surface area contributed by atoms with Crippen LogP contribution in [0.4, 0.5) is 5.82 Å². The van der Waals surface area contributed by atoms with Gasteiger partial charge in [0.2, 0.25) is 0 Å². The fourth-order valence-corrected chi connectivity index (χ4v) is 2.90. The van der Waals surface area contributed by atoms with Gasteiger partial charge in [0.15, 0.2) is 5.82 Å². The number of nitrogens with two attached hydrogens (primary N) is 2. The fraction of sp³-hybridized carbons (Fsp3) is 0.462. The minimum Gasteiger partial charge on any atom is -0.394 e. The molecule has 2 aromatic heterocycles. The molecule has 1 saturated heterocycles. The van der Waals surface area contributed by atoms with Crippen molar-refractivity contribution in [2.75, 3.05) is 12.3 Å². The summed E-state index contributed by atoms with van der Waals surface area (Å²) in [4.78, 5) is 15.5. The first kappa shape index (κ1) is 13.8. The second-order valence-electron chi connectivity index (χ2n) is 5.33. The Labute approximate surface area is 120 Å². The number of aliphatic hydroxyl groups excluding tert-OH is 1. The van der Waals surface area contributed by atoms with Gasteiger partial charge in [0.1, 0.15) is 17.9 Å². The summed E-state index contributed by atoms with van der Waals surface area (Å²) >= 11 is 0. The molecule has 1 aliphatic heterocycles. The van der Waals surface area contributed by atoms with E-state index in [1.165, 1.54) is 6.33 Å². The number of fused-ring (bicyclic) bond motifs is 1. The number of carbonyl (C=O) groups excluding carboxylic acids is 1. The second kappa shape index (κ2) is 4.97. The standard InChI is InChI=1S/C13H17N5O3/c1-6-2-7(4-19)21-11(6)9-3-8(13(15)20)10-12(14)16-5-17-18(9)10/h3,5-7,11,19H,2,4H2,1H3,(H2,15,20)(H2,14,16,17)/t6-,7-,11+/m0/s1. The van der Waals surface area contributed by atoms with Crippen molar-refractivity contribution in [3.8, 4) is 0 Å². The van der Waals surface area contributed by atoms with Crippen LogP contribution in [0.1, 0.15) is 35.5 Å². The number of amides is 1. The van der Waals surface area contributed by atoms with E-state index in [9.17, 15) is 9.90 Å². The minimum atomic E-state index is -0.593. The van der Waals surface area contributed by atoms with E-state index in [2.05, 4.69) is 10.1 Å². The van der Waals surface area contributed by atoms with E-state index in [0.717, 1.165) is 6.42 Å². The largest absolute Gasteiger partial charge is 0.394 e. The Hall–Kier alpha value is -2.19. The second-order valence-corrected chi connectivity index (χ2v) is 5.33. The van der Waals surface area contributed by atoms with Crippen LogP contribution in [0, 0.1) is 5.92 Å². The zero-order valence-electron chi connectivity index (χ0n) is 11.6. The van der Waals surface area contributed by atoms with Gasteiger partial charge in [-0.25, -0.2) is 9.50 Å². The van der Waals surface area contributed by atoms with E-state index >= 15 is 0 Å². The zero-order chi connectivity index (χ0) is 15.1. The van der Waals surface area contributed by atoms with Crippen LogP contribution in [0.3, 0.4) is 0 Å². The number of ether oxygens (including phenoxy) is 1. The van der Waals surface area contributed by atoms with Crippen LogP contribution in [-0.2, 0) is 4.74 Å². The third-order valence-corrected chi connectivity index (χ3v) is 3.86. The lowest BCUT2D eigenvalue weighted by Gasteiger charge is -2.14. The van der Waals surface area contributed by atoms with Gasteiger partial charge >= 0.3 is 0 Å². The predicted molar refractivity (Wildman–Crippen MR) is 74.4 cm³/mol. The van der Waals surface area contributed by atoms with E-state index in [-0.39, 0.29) is 36.1 Å². The molecule has 8 heteroatoms. The van der Waals surface area contributed by atoms with Crippen molar-refractivity contribution in [2.24, 2.45) is 11.7 Å². The van der Waals surface area contributed by atoms with E-state index in [0.29, 0.717) is 11.2 Å². The van der Waals surface area contributed by atoms with Crippen molar-refractivity contribution in [1.29, 1.82) is 0 Å². The molecule has 1 aliphatic rings. The number of hydrogen-bond donors (Lipinski definition) is 3. The molecule has 2 aromatic rings. The van der Waals surface area contributed by atoms with E-state index in [4.69, 9.17) is 16.2 Å². The summed E-state index contributed by atoms with van der Waals surface area (Å²) in [6.45, 7) is 1.98. The maximum atomic E-state index is 11.6. The number of carbonyl (C=O) groups is 1. The average Bonchev–Trinajstić information content (AvgIpc) is 3.00. The van der Waals surface area contributed by atoms with Crippen molar-refractivity contribution in [3.63, 3.8) is 0 Å². The van der Waals surface area contributed by atoms with E-state index in [1.54, 1.807) is 10.6 Å². The Kier molecular flexibility index (Phi) is 3.26. The fourth-order valence-electron chi connectivity index (χ4n) is 2.90. The molecule has 3 heterocycles. The summed E-state index contributed by atoms with van der Waals surface area (Å²) in [6, 6.07) is 1.64. The number of aliphatic hydroxyl groups is 1. The molecule has 5 N–H and O–H groups in total. The molecule has 0 spiro atoms. The smallest absolute Gasteiger partial charge is 0.251 e. The van der Waals surface area contributed by atoms with Gasteiger partial charge in [0, 0.05) is 0 Å². The Morgan fingerprint density at radius 3 is 3.00 bits per heavy atom. The quantitative estimate of drug-likeness (QED) is 0.722. The molecular weight excluding hydrogens is 274 g/mol. The third kappa shape index (κ3) is 2.12. The van der Waals surface area contributed by atoms with Crippen LogP contribution in [-0.4, -0.2) is 38.3 Å². The van der Waals surface area contributed by atoms with Crippen LogP contribution in [0.15, 0.2) is 12.4 Å². The number of nitrogen functional groups attached to an aromatic ring is 1.